The summed E-state index contributed by atoms with van der Waals surface area (Å²) in [6, 6.07) is 16.0. The summed E-state index contributed by atoms with van der Waals surface area (Å²) in [5, 5.41) is 1.34. The zero-order valence-electron chi connectivity index (χ0n) is 16.4. The van der Waals surface area contributed by atoms with Crippen LogP contribution in [0, 0.1) is 19.8 Å². The van der Waals surface area contributed by atoms with Gasteiger partial charge < -0.3 is 4.57 Å². The number of benzene rings is 1. The van der Waals surface area contributed by atoms with Crippen molar-refractivity contribution in [3.8, 4) is 0 Å². The second kappa shape index (κ2) is 6.88. The Morgan fingerprint density at radius 1 is 1.12 bits per heavy atom. The van der Waals surface area contributed by atoms with Crippen molar-refractivity contribution >= 4 is 10.9 Å². The number of aryl methyl sites for hydroxylation is 3. The molecule has 2 atom stereocenters. The fraction of sp³-hybridized carbons (Fsp3) is 0.435. The highest BCUT2D eigenvalue weighted by molar-refractivity contribution is 5.81. The van der Waals surface area contributed by atoms with Crippen LogP contribution < -0.4 is 0 Å². The van der Waals surface area contributed by atoms with E-state index in [2.05, 4.69) is 84.7 Å². The number of likely N-dealkylation sites (tertiary alicyclic amines) is 1. The molecular weight excluding hydrogens is 318 g/mol. The van der Waals surface area contributed by atoms with E-state index in [1.807, 2.05) is 0 Å². The Morgan fingerprint density at radius 2 is 1.85 bits per heavy atom. The lowest BCUT2D eigenvalue weighted by Crippen LogP contribution is -2.26. The largest absolute Gasteiger partial charge is 0.346 e. The third kappa shape index (κ3) is 3.28. The minimum Gasteiger partial charge on any atom is -0.346 e. The molecule has 0 saturated carbocycles. The van der Waals surface area contributed by atoms with E-state index in [0.717, 1.165) is 17.3 Å². The van der Waals surface area contributed by atoms with Gasteiger partial charge in [-0.15, -0.1) is 0 Å². The summed E-state index contributed by atoms with van der Waals surface area (Å²) in [5.41, 5.74) is 6.46. The van der Waals surface area contributed by atoms with E-state index in [0.29, 0.717) is 6.04 Å². The van der Waals surface area contributed by atoms with Crippen molar-refractivity contribution in [1.82, 2.24) is 14.5 Å². The van der Waals surface area contributed by atoms with Crippen LogP contribution in [0.25, 0.3) is 10.9 Å². The van der Waals surface area contributed by atoms with Crippen LogP contribution in [-0.4, -0.2) is 27.5 Å². The number of aromatic nitrogens is 2. The van der Waals surface area contributed by atoms with Gasteiger partial charge in [0, 0.05) is 42.2 Å². The third-order valence-electron chi connectivity index (χ3n) is 5.95. The van der Waals surface area contributed by atoms with Crippen molar-refractivity contribution in [3.05, 3.63) is 65.1 Å². The molecule has 1 aliphatic heterocycles. The van der Waals surface area contributed by atoms with E-state index in [-0.39, 0.29) is 0 Å². The lowest BCUT2D eigenvalue weighted by atomic mass is 9.98. The molecule has 1 aromatic carbocycles. The number of nitrogens with zero attached hydrogens (tertiary/aromatic N) is 3. The van der Waals surface area contributed by atoms with Crippen molar-refractivity contribution in [3.63, 3.8) is 0 Å². The monoisotopic (exact) mass is 347 g/mol. The molecular formula is C23H29N3. The summed E-state index contributed by atoms with van der Waals surface area (Å²) in [6.45, 7) is 8.93. The molecule has 0 amide bonds. The molecule has 0 radical (unpaired) electrons. The molecule has 3 heterocycles. The highest BCUT2D eigenvalue weighted by Gasteiger charge is 2.28. The van der Waals surface area contributed by atoms with Crippen molar-refractivity contribution in [1.29, 1.82) is 0 Å². The van der Waals surface area contributed by atoms with Gasteiger partial charge in [0.25, 0.3) is 0 Å². The van der Waals surface area contributed by atoms with Crippen LogP contribution >= 0.6 is 0 Å². The Bertz CT molecular complexity index is 904. The number of para-hydroxylation sites is 1. The first kappa shape index (κ1) is 17.3. The quantitative estimate of drug-likeness (QED) is 0.675. The summed E-state index contributed by atoms with van der Waals surface area (Å²) in [7, 11) is 2.20. The Balaban J connectivity index is 1.48. The number of pyridine rings is 1. The first-order valence-electron chi connectivity index (χ1n) is 9.74. The van der Waals surface area contributed by atoms with E-state index in [9.17, 15) is 0 Å². The normalized spacial score (nSPS) is 19.3. The van der Waals surface area contributed by atoms with Crippen molar-refractivity contribution < 1.29 is 0 Å². The molecule has 2 aromatic heterocycles. The van der Waals surface area contributed by atoms with Crippen LogP contribution in [0.1, 0.15) is 42.0 Å². The second-order valence-electron chi connectivity index (χ2n) is 7.97. The van der Waals surface area contributed by atoms with Gasteiger partial charge in [0.1, 0.15) is 0 Å². The minimum atomic E-state index is 0.457. The average molecular weight is 348 g/mol. The molecule has 1 aliphatic rings. The third-order valence-corrected chi connectivity index (χ3v) is 5.95. The van der Waals surface area contributed by atoms with Gasteiger partial charge >= 0.3 is 0 Å². The van der Waals surface area contributed by atoms with Gasteiger partial charge in [0.05, 0.1) is 0 Å². The van der Waals surface area contributed by atoms with Gasteiger partial charge in [-0.25, -0.2) is 0 Å². The molecule has 3 heteroatoms. The Morgan fingerprint density at radius 3 is 2.58 bits per heavy atom. The summed E-state index contributed by atoms with van der Waals surface area (Å²) < 4.78 is 2.36. The van der Waals surface area contributed by atoms with Crippen LogP contribution in [-0.2, 0) is 13.5 Å². The van der Waals surface area contributed by atoms with Crippen molar-refractivity contribution in [2.45, 2.75) is 39.7 Å². The molecule has 0 bridgehead atoms. The van der Waals surface area contributed by atoms with Gasteiger partial charge in [-0.2, -0.15) is 0 Å². The van der Waals surface area contributed by atoms with E-state index in [1.54, 1.807) is 0 Å². The molecule has 1 saturated heterocycles. The molecule has 136 valence electrons. The summed E-state index contributed by atoms with van der Waals surface area (Å²) >= 11 is 0. The maximum absolute atomic E-state index is 4.51. The number of hydrogen-bond donors (Lipinski definition) is 0. The highest BCUT2D eigenvalue weighted by Crippen LogP contribution is 2.32. The van der Waals surface area contributed by atoms with Crippen LogP contribution in [0.15, 0.2) is 42.5 Å². The second-order valence-corrected chi connectivity index (χ2v) is 7.97. The van der Waals surface area contributed by atoms with Crippen molar-refractivity contribution in [2.24, 2.45) is 13.0 Å². The van der Waals surface area contributed by atoms with E-state index >= 15 is 0 Å². The fourth-order valence-corrected chi connectivity index (χ4v) is 4.65. The Hall–Kier alpha value is -2.13. The Labute approximate surface area is 156 Å². The molecule has 1 fully saturated rings. The average Bonchev–Trinajstić information content (AvgIpc) is 3.19. The molecule has 0 spiro atoms. The Kier molecular flexibility index (Phi) is 4.58. The maximum Gasteiger partial charge on any atom is 0.0480 e. The molecule has 2 unspecified atom stereocenters. The first-order chi connectivity index (χ1) is 12.5. The van der Waals surface area contributed by atoms with Gasteiger partial charge in [0.2, 0.25) is 0 Å². The van der Waals surface area contributed by atoms with Gasteiger partial charge in [-0.05, 0) is 81.3 Å². The van der Waals surface area contributed by atoms with Gasteiger partial charge in [-0.3, -0.25) is 9.88 Å². The van der Waals surface area contributed by atoms with E-state index < -0.39 is 0 Å². The minimum absolute atomic E-state index is 0.457. The summed E-state index contributed by atoms with van der Waals surface area (Å²) in [6.07, 6.45) is 2.46. The highest BCUT2D eigenvalue weighted by atomic mass is 15.2. The lowest BCUT2D eigenvalue weighted by molar-refractivity contribution is 0.245. The standard InChI is InChI=1S/C23H29N3/c1-16-11-20(12-17(2)24-16)13-19-9-10-26(15-19)18(3)23-14-21-7-5-6-8-22(21)25(23)4/h5-8,11-12,14,18-19H,9-10,13,15H2,1-4H3. The predicted octanol–water partition coefficient (Wildman–Crippen LogP) is 4.82. The van der Waals surface area contributed by atoms with Crippen LogP contribution in [0.3, 0.4) is 0 Å². The van der Waals surface area contributed by atoms with Crippen LogP contribution in [0.2, 0.25) is 0 Å². The topological polar surface area (TPSA) is 21.1 Å². The molecule has 3 nitrogen and oxygen atoms in total. The molecule has 4 rings (SSSR count). The van der Waals surface area contributed by atoms with Crippen LogP contribution in [0.5, 0.6) is 0 Å². The molecule has 26 heavy (non-hydrogen) atoms. The maximum atomic E-state index is 4.51. The smallest absolute Gasteiger partial charge is 0.0480 e. The molecule has 0 N–H and O–H groups in total. The zero-order chi connectivity index (χ0) is 18.3. The van der Waals surface area contributed by atoms with Gasteiger partial charge in [0.15, 0.2) is 0 Å². The number of hydrogen-bond acceptors (Lipinski definition) is 2. The SMILES string of the molecule is Cc1cc(CC2CCN(C(C)c3cc4ccccc4n3C)C2)cc(C)n1. The fourth-order valence-electron chi connectivity index (χ4n) is 4.65. The van der Waals surface area contributed by atoms with E-state index in [4.69, 9.17) is 0 Å². The van der Waals surface area contributed by atoms with Gasteiger partial charge in [-0.1, -0.05) is 18.2 Å². The summed E-state index contributed by atoms with van der Waals surface area (Å²) in [5.74, 6) is 0.744. The first-order valence-corrected chi connectivity index (χ1v) is 9.74. The number of fused-ring (bicyclic) bond motifs is 1. The zero-order valence-corrected chi connectivity index (χ0v) is 16.4. The lowest BCUT2D eigenvalue weighted by Gasteiger charge is -2.25. The number of rotatable bonds is 4. The molecule has 0 aliphatic carbocycles. The molecule has 3 aromatic rings. The van der Waals surface area contributed by atoms with Crippen LogP contribution in [0.4, 0.5) is 0 Å². The van der Waals surface area contributed by atoms with E-state index in [1.165, 1.54) is 48.1 Å². The summed E-state index contributed by atoms with van der Waals surface area (Å²) in [4.78, 5) is 7.16. The predicted molar refractivity (Wildman–Crippen MR) is 108 cm³/mol. The van der Waals surface area contributed by atoms with Crippen molar-refractivity contribution in [2.75, 3.05) is 13.1 Å².